The molecule has 0 aromatic rings. The molecule has 1 rings (SSSR count). The SMILES string of the molecule is CCCC(CNC1CC1)N(C)C. The number of hydrogen-bond donors (Lipinski definition) is 1. The van der Waals surface area contributed by atoms with Crippen molar-refractivity contribution < 1.29 is 0 Å². The number of hydrogen-bond acceptors (Lipinski definition) is 2. The fraction of sp³-hybridized carbons (Fsp3) is 1.00. The van der Waals surface area contributed by atoms with E-state index in [-0.39, 0.29) is 0 Å². The molecule has 0 heterocycles. The lowest BCUT2D eigenvalue weighted by molar-refractivity contribution is 0.267. The van der Waals surface area contributed by atoms with Crippen LogP contribution in [0.3, 0.4) is 0 Å². The molecule has 0 aliphatic heterocycles. The first kappa shape index (κ1) is 10.0. The van der Waals surface area contributed by atoms with Crippen molar-refractivity contribution >= 4 is 0 Å². The average molecular weight is 170 g/mol. The number of nitrogens with zero attached hydrogens (tertiary/aromatic N) is 1. The van der Waals surface area contributed by atoms with Gasteiger partial charge in [-0.2, -0.15) is 0 Å². The Morgan fingerprint density at radius 3 is 2.50 bits per heavy atom. The third-order valence-corrected chi connectivity index (χ3v) is 2.57. The molecule has 0 bridgehead atoms. The fourth-order valence-electron chi connectivity index (χ4n) is 1.47. The Morgan fingerprint density at radius 1 is 1.42 bits per heavy atom. The average Bonchev–Trinajstić information content (AvgIpc) is 2.80. The maximum atomic E-state index is 3.58. The van der Waals surface area contributed by atoms with Crippen molar-refractivity contribution in [1.82, 2.24) is 10.2 Å². The van der Waals surface area contributed by atoms with E-state index in [2.05, 4.69) is 31.2 Å². The normalized spacial score (nSPS) is 20.0. The van der Waals surface area contributed by atoms with Crippen LogP contribution in [0.4, 0.5) is 0 Å². The van der Waals surface area contributed by atoms with E-state index >= 15 is 0 Å². The highest BCUT2D eigenvalue weighted by Crippen LogP contribution is 2.18. The Labute approximate surface area is 76.3 Å². The lowest BCUT2D eigenvalue weighted by Crippen LogP contribution is -2.38. The molecule has 72 valence electrons. The van der Waals surface area contributed by atoms with E-state index in [4.69, 9.17) is 0 Å². The van der Waals surface area contributed by atoms with E-state index < -0.39 is 0 Å². The van der Waals surface area contributed by atoms with Gasteiger partial charge in [-0.25, -0.2) is 0 Å². The molecule has 1 aliphatic rings. The molecule has 0 saturated heterocycles. The summed E-state index contributed by atoms with van der Waals surface area (Å²) in [4.78, 5) is 2.33. The largest absolute Gasteiger partial charge is 0.312 e. The Morgan fingerprint density at radius 2 is 2.08 bits per heavy atom. The molecule has 1 N–H and O–H groups in total. The lowest BCUT2D eigenvalue weighted by atomic mass is 10.1. The van der Waals surface area contributed by atoms with Crippen LogP contribution in [0, 0.1) is 0 Å². The molecule has 2 heteroatoms. The van der Waals surface area contributed by atoms with Gasteiger partial charge in [0.2, 0.25) is 0 Å². The van der Waals surface area contributed by atoms with E-state index in [1.165, 1.54) is 32.2 Å². The Balaban J connectivity index is 2.11. The maximum Gasteiger partial charge on any atom is 0.0214 e. The van der Waals surface area contributed by atoms with Gasteiger partial charge in [-0.1, -0.05) is 13.3 Å². The Kier molecular flexibility index (Phi) is 4.02. The van der Waals surface area contributed by atoms with Gasteiger partial charge in [-0.3, -0.25) is 0 Å². The fourth-order valence-corrected chi connectivity index (χ4v) is 1.47. The van der Waals surface area contributed by atoms with Crippen molar-refractivity contribution in [3.63, 3.8) is 0 Å². The van der Waals surface area contributed by atoms with Crippen LogP contribution in [0.1, 0.15) is 32.6 Å². The van der Waals surface area contributed by atoms with Crippen LogP contribution in [0.15, 0.2) is 0 Å². The van der Waals surface area contributed by atoms with Gasteiger partial charge in [0, 0.05) is 18.6 Å². The second kappa shape index (κ2) is 4.83. The summed E-state index contributed by atoms with van der Waals surface area (Å²) in [7, 11) is 4.35. The van der Waals surface area contributed by atoms with Crippen LogP contribution in [0.5, 0.6) is 0 Å². The van der Waals surface area contributed by atoms with E-state index in [1.54, 1.807) is 0 Å². The molecular weight excluding hydrogens is 148 g/mol. The third-order valence-electron chi connectivity index (χ3n) is 2.57. The molecule has 0 aromatic carbocycles. The van der Waals surface area contributed by atoms with Gasteiger partial charge in [-0.05, 0) is 33.4 Å². The zero-order valence-electron chi connectivity index (χ0n) is 8.64. The van der Waals surface area contributed by atoms with Gasteiger partial charge in [0.1, 0.15) is 0 Å². The molecule has 1 saturated carbocycles. The molecule has 1 unspecified atom stereocenters. The highest BCUT2D eigenvalue weighted by molar-refractivity contribution is 4.83. The third kappa shape index (κ3) is 3.55. The first-order chi connectivity index (χ1) is 5.74. The highest BCUT2D eigenvalue weighted by atomic mass is 15.1. The Bertz CT molecular complexity index is 119. The number of rotatable bonds is 6. The predicted octanol–water partition coefficient (Wildman–Crippen LogP) is 1.47. The standard InChI is InChI=1S/C10H22N2/c1-4-5-10(12(2)3)8-11-9-6-7-9/h9-11H,4-8H2,1-3H3. The second-order valence-corrected chi connectivity index (χ2v) is 4.09. The van der Waals surface area contributed by atoms with Crippen molar-refractivity contribution in [2.45, 2.75) is 44.7 Å². The summed E-state index contributed by atoms with van der Waals surface area (Å²) in [5.74, 6) is 0. The van der Waals surface area contributed by atoms with Crippen LogP contribution in [0.25, 0.3) is 0 Å². The van der Waals surface area contributed by atoms with Gasteiger partial charge >= 0.3 is 0 Å². The molecule has 1 fully saturated rings. The number of nitrogens with one attached hydrogen (secondary N) is 1. The van der Waals surface area contributed by atoms with Crippen molar-refractivity contribution in [2.75, 3.05) is 20.6 Å². The highest BCUT2D eigenvalue weighted by Gasteiger charge is 2.21. The van der Waals surface area contributed by atoms with Gasteiger partial charge < -0.3 is 10.2 Å². The van der Waals surface area contributed by atoms with Crippen LogP contribution in [-0.2, 0) is 0 Å². The molecule has 12 heavy (non-hydrogen) atoms. The molecule has 1 aliphatic carbocycles. The van der Waals surface area contributed by atoms with Crippen LogP contribution in [0.2, 0.25) is 0 Å². The van der Waals surface area contributed by atoms with Crippen molar-refractivity contribution in [3.8, 4) is 0 Å². The summed E-state index contributed by atoms with van der Waals surface area (Å²) in [5, 5.41) is 3.58. The predicted molar refractivity (Wildman–Crippen MR) is 53.4 cm³/mol. The van der Waals surface area contributed by atoms with E-state index in [0.29, 0.717) is 0 Å². The minimum absolute atomic E-state index is 0.732. The zero-order chi connectivity index (χ0) is 8.97. The molecule has 0 aromatic heterocycles. The molecular formula is C10H22N2. The van der Waals surface area contributed by atoms with E-state index in [0.717, 1.165) is 12.1 Å². The van der Waals surface area contributed by atoms with Gasteiger partial charge in [0.05, 0.1) is 0 Å². The van der Waals surface area contributed by atoms with Crippen LogP contribution >= 0.6 is 0 Å². The van der Waals surface area contributed by atoms with E-state index in [9.17, 15) is 0 Å². The summed E-state index contributed by atoms with van der Waals surface area (Å²) < 4.78 is 0. The van der Waals surface area contributed by atoms with Crippen LogP contribution < -0.4 is 5.32 Å². The summed E-state index contributed by atoms with van der Waals surface area (Å²) in [6.07, 6.45) is 5.39. The minimum Gasteiger partial charge on any atom is -0.312 e. The van der Waals surface area contributed by atoms with Gasteiger partial charge in [0.15, 0.2) is 0 Å². The lowest BCUT2D eigenvalue weighted by Gasteiger charge is -2.24. The molecule has 2 nitrogen and oxygen atoms in total. The molecule has 1 atom stereocenters. The zero-order valence-corrected chi connectivity index (χ0v) is 8.64. The quantitative estimate of drug-likeness (QED) is 0.649. The number of likely N-dealkylation sites (N-methyl/N-ethyl adjacent to an activating group) is 1. The topological polar surface area (TPSA) is 15.3 Å². The first-order valence-electron chi connectivity index (χ1n) is 5.13. The second-order valence-electron chi connectivity index (χ2n) is 4.09. The molecule has 0 amide bonds. The van der Waals surface area contributed by atoms with Gasteiger partial charge in [-0.15, -0.1) is 0 Å². The molecule has 0 radical (unpaired) electrons. The van der Waals surface area contributed by atoms with Crippen molar-refractivity contribution in [2.24, 2.45) is 0 Å². The monoisotopic (exact) mass is 170 g/mol. The summed E-state index contributed by atoms with van der Waals surface area (Å²) in [6, 6.07) is 1.58. The van der Waals surface area contributed by atoms with Gasteiger partial charge in [0.25, 0.3) is 0 Å². The van der Waals surface area contributed by atoms with Crippen molar-refractivity contribution in [3.05, 3.63) is 0 Å². The summed E-state index contributed by atoms with van der Waals surface area (Å²) in [6.45, 7) is 3.43. The van der Waals surface area contributed by atoms with Crippen LogP contribution in [-0.4, -0.2) is 37.6 Å². The van der Waals surface area contributed by atoms with E-state index in [1.807, 2.05) is 0 Å². The van der Waals surface area contributed by atoms with Crippen molar-refractivity contribution in [1.29, 1.82) is 0 Å². The maximum absolute atomic E-state index is 3.58. The molecule has 0 spiro atoms. The summed E-state index contributed by atoms with van der Waals surface area (Å²) in [5.41, 5.74) is 0. The Hall–Kier alpha value is -0.0800. The first-order valence-corrected chi connectivity index (χ1v) is 5.13. The summed E-state index contributed by atoms with van der Waals surface area (Å²) >= 11 is 0. The smallest absolute Gasteiger partial charge is 0.0214 e. The minimum atomic E-state index is 0.732.